The van der Waals surface area contributed by atoms with Crippen LogP contribution < -0.4 is 5.32 Å². The maximum absolute atomic E-state index is 11.2. The first-order valence-electron chi connectivity index (χ1n) is 4.68. The largest absolute Gasteiger partial charge is 0.396 e. The molecule has 0 saturated heterocycles. The van der Waals surface area contributed by atoms with Crippen LogP contribution in [-0.4, -0.2) is 35.2 Å². The molecular weight excluding hydrogens is 186 g/mol. The van der Waals surface area contributed by atoms with Crippen LogP contribution in [0.5, 0.6) is 0 Å². The number of rotatable bonds is 7. The van der Waals surface area contributed by atoms with Crippen LogP contribution in [0, 0.1) is 0 Å². The number of amides is 1. The van der Waals surface area contributed by atoms with Crippen LogP contribution in [0.2, 0.25) is 0 Å². The Morgan fingerprint density at radius 3 is 2.85 bits per heavy atom. The molecule has 0 aromatic heterocycles. The van der Waals surface area contributed by atoms with Gasteiger partial charge in [-0.05, 0) is 25.5 Å². The molecule has 1 unspecified atom stereocenters. The van der Waals surface area contributed by atoms with Gasteiger partial charge in [-0.2, -0.15) is 11.8 Å². The van der Waals surface area contributed by atoms with Gasteiger partial charge in [-0.25, -0.2) is 0 Å². The summed E-state index contributed by atoms with van der Waals surface area (Å²) in [4.78, 5) is 11.2. The molecule has 0 aromatic carbocycles. The average Bonchev–Trinajstić information content (AvgIpc) is 2.12. The van der Waals surface area contributed by atoms with Gasteiger partial charge in [0.05, 0.1) is 5.75 Å². The number of carbonyl (C=O) groups excluding carboxylic acids is 1. The summed E-state index contributed by atoms with van der Waals surface area (Å²) < 4.78 is 0. The summed E-state index contributed by atoms with van der Waals surface area (Å²) in [5.41, 5.74) is 0. The highest BCUT2D eigenvalue weighted by atomic mass is 32.2. The summed E-state index contributed by atoms with van der Waals surface area (Å²) >= 11 is 1.57. The summed E-state index contributed by atoms with van der Waals surface area (Å²) in [6.07, 6.45) is 1.73. The molecule has 0 fully saturated rings. The Kier molecular flexibility index (Phi) is 8.24. The lowest BCUT2D eigenvalue weighted by atomic mass is 10.3. The highest BCUT2D eigenvalue weighted by molar-refractivity contribution is 7.99. The van der Waals surface area contributed by atoms with E-state index in [9.17, 15) is 4.79 Å². The predicted octanol–water partition coefficient (Wildman–Crippen LogP) is 1.02. The first-order valence-corrected chi connectivity index (χ1v) is 5.84. The van der Waals surface area contributed by atoms with Crippen LogP contribution in [0.15, 0.2) is 0 Å². The van der Waals surface area contributed by atoms with Crippen molar-refractivity contribution in [3.05, 3.63) is 0 Å². The van der Waals surface area contributed by atoms with Crippen molar-refractivity contribution in [3.63, 3.8) is 0 Å². The lowest BCUT2D eigenvalue weighted by Crippen LogP contribution is -2.33. The third kappa shape index (κ3) is 8.12. The van der Waals surface area contributed by atoms with Gasteiger partial charge >= 0.3 is 0 Å². The third-order valence-electron chi connectivity index (χ3n) is 1.70. The van der Waals surface area contributed by atoms with Gasteiger partial charge in [-0.3, -0.25) is 4.79 Å². The van der Waals surface area contributed by atoms with E-state index in [1.807, 2.05) is 13.8 Å². The quantitative estimate of drug-likeness (QED) is 0.610. The number of thioether (sulfide) groups is 1. The van der Waals surface area contributed by atoms with Crippen molar-refractivity contribution in [3.8, 4) is 0 Å². The van der Waals surface area contributed by atoms with Crippen LogP contribution in [0.25, 0.3) is 0 Å². The van der Waals surface area contributed by atoms with Gasteiger partial charge in [0.15, 0.2) is 0 Å². The van der Waals surface area contributed by atoms with Gasteiger partial charge < -0.3 is 10.4 Å². The molecule has 1 amide bonds. The van der Waals surface area contributed by atoms with E-state index in [1.165, 1.54) is 0 Å². The molecule has 0 heterocycles. The molecule has 78 valence electrons. The van der Waals surface area contributed by atoms with Crippen LogP contribution in [0.3, 0.4) is 0 Å². The smallest absolute Gasteiger partial charge is 0.230 e. The Hall–Kier alpha value is -0.220. The lowest BCUT2D eigenvalue weighted by Gasteiger charge is -2.10. The lowest BCUT2D eigenvalue weighted by molar-refractivity contribution is -0.119. The van der Waals surface area contributed by atoms with Crippen molar-refractivity contribution in [1.82, 2.24) is 5.32 Å². The van der Waals surface area contributed by atoms with Gasteiger partial charge in [0.25, 0.3) is 0 Å². The van der Waals surface area contributed by atoms with Crippen molar-refractivity contribution in [2.75, 3.05) is 18.1 Å². The van der Waals surface area contributed by atoms with Crippen molar-refractivity contribution in [2.24, 2.45) is 0 Å². The summed E-state index contributed by atoms with van der Waals surface area (Å²) in [5.74, 6) is 1.45. The number of hydrogen-bond donors (Lipinski definition) is 2. The number of hydrogen-bond acceptors (Lipinski definition) is 3. The molecule has 0 radical (unpaired) electrons. The predicted molar refractivity (Wildman–Crippen MR) is 56.9 cm³/mol. The van der Waals surface area contributed by atoms with E-state index >= 15 is 0 Å². The summed E-state index contributed by atoms with van der Waals surface area (Å²) in [6, 6.07) is 0.269. The van der Waals surface area contributed by atoms with Crippen molar-refractivity contribution in [2.45, 2.75) is 32.7 Å². The zero-order valence-electron chi connectivity index (χ0n) is 8.38. The van der Waals surface area contributed by atoms with Crippen molar-refractivity contribution >= 4 is 17.7 Å². The Labute approximate surface area is 84.3 Å². The van der Waals surface area contributed by atoms with E-state index in [4.69, 9.17) is 5.11 Å². The maximum Gasteiger partial charge on any atom is 0.230 e. The molecule has 0 aliphatic carbocycles. The minimum atomic E-state index is 0.0947. The number of nitrogens with one attached hydrogen (secondary N) is 1. The third-order valence-corrected chi connectivity index (χ3v) is 2.74. The molecular formula is C9H19NO2S. The maximum atomic E-state index is 11.2. The highest BCUT2D eigenvalue weighted by Crippen LogP contribution is 2.01. The molecule has 0 spiro atoms. The van der Waals surface area contributed by atoms with E-state index < -0.39 is 0 Å². The summed E-state index contributed by atoms with van der Waals surface area (Å²) in [7, 11) is 0. The Morgan fingerprint density at radius 1 is 1.62 bits per heavy atom. The molecule has 0 rings (SSSR count). The van der Waals surface area contributed by atoms with Crippen LogP contribution in [0.4, 0.5) is 0 Å². The van der Waals surface area contributed by atoms with Crippen molar-refractivity contribution < 1.29 is 9.90 Å². The van der Waals surface area contributed by atoms with Crippen LogP contribution in [-0.2, 0) is 4.79 Å². The molecule has 2 N–H and O–H groups in total. The second-order valence-corrected chi connectivity index (χ2v) is 4.11. The monoisotopic (exact) mass is 205 g/mol. The standard InChI is InChI=1S/C9H19NO2S/c1-3-8(2)10-9(12)7-13-6-4-5-11/h8,11H,3-7H2,1-2H3,(H,10,12). The van der Waals surface area contributed by atoms with Crippen LogP contribution in [0.1, 0.15) is 26.7 Å². The van der Waals surface area contributed by atoms with Gasteiger partial charge in [0, 0.05) is 12.6 Å². The minimum absolute atomic E-state index is 0.0947. The Bertz CT molecular complexity index is 142. The molecule has 1 atom stereocenters. The van der Waals surface area contributed by atoms with Gasteiger partial charge in [-0.15, -0.1) is 0 Å². The second kappa shape index (κ2) is 8.38. The number of aliphatic hydroxyl groups excluding tert-OH is 1. The van der Waals surface area contributed by atoms with E-state index in [-0.39, 0.29) is 18.6 Å². The average molecular weight is 205 g/mol. The molecule has 13 heavy (non-hydrogen) atoms. The summed E-state index contributed by atoms with van der Waals surface area (Å²) in [6.45, 7) is 4.25. The fourth-order valence-electron chi connectivity index (χ4n) is 0.750. The van der Waals surface area contributed by atoms with E-state index in [2.05, 4.69) is 5.32 Å². The topological polar surface area (TPSA) is 49.3 Å². The first-order chi connectivity index (χ1) is 6.20. The van der Waals surface area contributed by atoms with Crippen molar-refractivity contribution in [1.29, 1.82) is 0 Å². The van der Waals surface area contributed by atoms with Gasteiger partial charge in [0.2, 0.25) is 5.91 Å². The molecule has 0 aliphatic heterocycles. The number of aliphatic hydroxyl groups is 1. The Balaban J connectivity index is 3.30. The fourth-order valence-corrected chi connectivity index (χ4v) is 1.50. The van der Waals surface area contributed by atoms with Gasteiger partial charge in [0.1, 0.15) is 0 Å². The molecule has 3 nitrogen and oxygen atoms in total. The first kappa shape index (κ1) is 12.8. The van der Waals surface area contributed by atoms with E-state index in [0.717, 1.165) is 18.6 Å². The van der Waals surface area contributed by atoms with E-state index in [1.54, 1.807) is 11.8 Å². The Morgan fingerprint density at radius 2 is 2.31 bits per heavy atom. The fraction of sp³-hybridized carbons (Fsp3) is 0.889. The SMILES string of the molecule is CCC(C)NC(=O)CSCCCO. The minimum Gasteiger partial charge on any atom is -0.396 e. The number of carbonyl (C=O) groups is 1. The van der Waals surface area contributed by atoms with Gasteiger partial charge in [-0.1, -0.05) is 6.92 Å². The molecule has 0 bridgehead atoms. The zero-order chi connectivity index (χ0) is 10.1. The molecule has 0 aliphatic rings. The van der Waals surface area contributed by atoms with E-state index in [0.29, 0.717) is 5.75 Å². The molecule has 4 heteroatoms. The zero-order valence-corrected chi connectivity index (χ0v) is 9.19. The highest BCUT2D eigenvalue weighted by Gasteiger charge is 2.04. The second-order valence-electron chi connectivity index (χ2n) is 3.01. The van der Waals surface area contributed by atoms with Crippen LogP contribution >= 0.6 is 11.8 Å². The summed E-state index contributed by atoms with van der Waals surface area (Å²) in [5, 5.41) is 11.4. The molecule has 0 aromatic rings. The molecule has 0 saturated carbocycles. The normalized spacial score (nSPS) is 12.5.